The molecule has 3 N–H and O–H groups in total. The van der Waals surface area contributed by atoms with Gasteiger partial charge in [0, 0.05) is 12.8 Å². The second-order valence-electron chi connectivity index (χ2n) is 17.9. The Morgan fingerprint density at radius 2 is 0.825 bits per heavy atom. The first-order valence-corrected chi connectivity index (χ1v) is 27.8. The number of rotatable bonds is 50. The van der Waals surface area contributed by atoms with Gasteiger partial charge in [-0.1, -0.05) is 224 Å². The number of allylic oxidation sites excluding steroid dienone is 4. The summed E-state index contributed by atoms with van der Waals surface area (Å²) in [6.45, 7) is 2.40. The molecule has 372 valence electrons. The van der Waals surface area contributed by atoms with Crippen LogP contribution in [0.15, 0.2) is 24.3 Å². The van der Waals surface area contributed by atoms with Gasteiger partial charge in [0.15, 0.2) is 6.10 Å². The topological polar surface area (TPSA) is 149 Å². The van der Waals surface area contributed by atoms with E-state index in [9.17, 15) is 24.2 Å². The lowest BCUT2D eigenvalue weighted by atomic mass is 10.0. The van der Waals surface area contributed by atoms with Crippen LogP contribution in [0.5, 0.6) is 0 Å². The van der Waals surface area contributed by atoms with E-state index in [0.29, 0.717) is 12.8 Å². The first kappa shape index (κ1) is 61.5. The molecule has 3 atom stereocenters. The number of aliphatic hydroxyl groups is 2. The molecular formula is C52H99O10P. The third-order valence-electron chi connectivity index (χ3n) is 11.6. The van der Waals surface area contributed by atoms with E-state index in [1.54, 1.807) is 0 Å². The van der Waals surface area contributed by atoms with Crippen LogP contribution in [0.3, 0.4) is 0 Å². The molecule has 0 radical (unpaired) electrons. The summed E-state index contributed by atoms with van der Waals surface area (Å²) < 4.78 is 32.9. The number of aliphatic hydroxyl groups excluding tert-OH is 2. The fourth-order valence-electron chi connectivity index (χ4n) is 7.56. The highest BCUT2D eigenvalue weighted by Crippen LogP contribution is 2.43. The fourth-order valence-corrected chi connectivity index (χ4v) is 8.35. The number of carbonyl (C=O) groups excluding carboxylic acids is 2. The van der Waals surface area contributed by atoms with Crippen LogP contribution >= 0.6 is 7.82 Å². The molecule has 10 nitrogen and oxygen atoms in total. The van der Waals surface area contributed by atoms with Gasteiger partial charge in [0.25, 0.3) is 0 Å². The molecule has 11 heteroatoms. The van der Waals surface area contributed by atoms with Gasteiger partial charge in [-0.2, -0.15) is 0 Å². The number of carbonyl (C=O) groups is 2. The van der Waals surface area contributed by atoms with Gasteiger partial charge in [-0.15, -0.1) is 0 Å². The highest BCUT2D eigenvalue weighted by Gasteiger charge is 2.27. The molecule has 0 aliphatic rings. The van der Waals surface area contributed by atoms with Crippen LogP contribution in [-0.2, 0) is 32.7 Å². The smallest absolute Gasteiger partial charge is 0.462 e. The maximum absolute atomic E-state index is 12.7. The van der Waals surface area contributed by atoms with Crippen molar-refractivity contribution < 1.29 is 47.8 Å². The first-order valence-electron chi connectivity index (χ1n) is 26.3. The quantitative estimate of drug-likeness (QED) is 0.0233. The Balaban J connectivity index is 4.11. The van der Waals surface area contributed by atoms with Crippen LogP contribution in [0.2, 0.25) is 0 Å². The second-order valence-corrected chi connectivity index (χ2v) is 19.4. The summed E-state index contributed by atoms with van der Waals surface area (Å²) in [4.78, 5) is 35.2. The third kappa shape index (κ3) is 48.2. The van der Waals surface area contributed by atoms with Gasteiger partial charge >= 0.3 is 19.8 Å². The molecule has 0 saturated heterocycles. The van der Waals surface area contributed by atoms with E-state index in [0.717, 1.165) is 51.4 Å². The molecule has 0 rings (SSSR count). The monoisotopic (exact) mass is 915 g/mol. The second kappa shape index (κ2) is 48.4. The molecule has 1 unspecified atom stereocenters. The zero-order valence-corrected chi connectivity index (χ0v) is 41.7. The molecule has 0 spiro atoms. The van der Waals surface area contributed by atoms with Crippen LogP contribution < -0.4 is 0 Å². The van der Waals surface area contributed by atoms with E-state index in [2.05, 4.69) is 38.2 Å². The highest BCUT2D eigenvalue weighted by atomic mass is 31.2. The molecule has 0 aromatic heterocycles. The van der Waals surface area contributed by atoms with E-state index < -0.39 is 51.8 Å². The Morgan fingerprint density at radius 3 is 1.25 bits per heavy atom. The molecule has 0 aromatic carbocycles. The lowest BCUT2D eigenvalue weighted by molar-refractivity contribution is -0.161. The largest absolute Gasteiger partial charge is 0.472 e. The van der Waals surface area contributed by atoms with Crippen molar-refractivity contribution in [1.29, 1.82) is 0 Å². The van der Waals surface area contributed by atoms with Crippen LogP contribution in [0.1, 0.15) is 258 Å². The number of ether oxygens (including phenoxy) is 2. The molecule has 0 aromatic rings. The average Bonchev–Trinajstić information content (AvgIpc) is 3.27. The SMILES string of the molecule is CCCCC/C=C/C/C=C/CCCCCCCCCC(=O)O[C@@H](COC(=O)CCCCCCCCCCCCCCCCCCCCCCCCC)COP(=O)(O)OC[C@H](O)CO. The average molecular weight is 915 g/mol. The Morgan fingerprint density at radius 1 is 0.476 bits per heavy atom. The molecule has 0 bridgehead atoms. The Hall–Kier alpha value is -1.55. The van der Waals surface area contributed by atoms with Crippen molar-refractivity contribution in [3.8, 4) is 0 Å². The molecule has 0 saturated carbocycles. The predicted octanol–water partition coefficient (Wildman–Crippen LogP) is 14.9. The van der Waals surface area contributed by atoms with Crippen molar-refractivity contribution in [3.63, 3.8) is 0 Å². The fraction of sp³-hybridized carbons (Fsp3) is 0.885. The Bertz CT molecular complexity index is 1100. The van der Waals surface area contributed by atoms with Gasteiger partial charge in [-0.25, -0.2) is 4.57 Å². The number of unbranched alkanes of at least 4 members (excludes halogenated alkanes) is 32. The summed E-state index contributed by atoms with van der Waals surface area (Å²) in [5.74, 6) is -0.920. The Labute approximate surface area is 387 Å². The van der Waals surface area contributed by atoms with E-state index in [-0.39, 0.29) is 19.4 Å². The lowest BCUT2D eigenvalue weighted by Crippen LogP contribution is -2.29. The predicted molar refractivity (Wildman–Crippen MR) is 261 cm³/mol. The zero-order valence-electron chi connectivity index (χ0n) is 40.8. The minimum Gasteiger partial charge on any atom is -0.462 e. The third-order valence-corrected chi connectivity index (χ3v) is 12.6. The number of hydrogen-bond donors (Lipinski definition) is 3. The molecule has 0 aliphatic carbocycles. The van der Waals surface area contributed by atoms with E-state index in [1.165, 1.54) is 167 Å². The van der Waals surface area contributed by atoms with E-state index >= 15 is 0 Å². The molecule has 0 heterocycles. The molecule has 0 amide bonds. The highest BCUT2D eigenvalue weighted by molar-refractivity contribution is 7.47. The minimum absolute atomic E-state index is 0.178. The van der Waals surface area contributed by atoms with Crippen molar-refractivity contribution in [2.75, 3.05) is 26.4 Å². The molecule has 0 aliphatic heterocycles. The van der Waals surface area contributed by atoms with E-state index in [1.807, 2.05) is 0 Å². The van der Waals surface area contributed by atoms with Crippen LogP contribution in [-0.4, -0.2) is 65.7 Å². The van der Waals surface area contributed by atoms with Crippen LogP contribution in [0.4, 0.5) is 0 Å². The lowest BCUT2D eigenvalue weighted by Gasteiger charge is -2.20. The van der Waals surface area contributed by atoms with E-state index in [4.69, 9.17) is 23.6 Å². The number of phosphoric acid groups is 1. The Kier molecular flexibility index (Phi) is 47.2. The zero-order chi connectivity index (χ0) is 46.2. The molecular weight excluding hydrogens is 816 g/mol. The van der Waals surface area contributed by atoms with Crippen molar-refractivity contribution in [2.24, 2.45) is 0 Å². The normalized spacial score (nSPS) is 13.8. The number of esters is 2. The van der Waals surface area contributed by atoms with Crippen LogP contribution in [0, 0.1) is 0 Å². The van der Waals surface area contributed by atoms with Crippen molar-refractivity contribution in [3.05, 3.63) is 24.3 Å². The minimum atomic E-state index is -4.62. The summed E-state index contributed by atoms with van der Waals surface area (Å²) in [5.41, 5.74) is 0. The van der Waals surface area contributed by atoms with Gasteiger partial charge in [0.05, 0.1) is 19.8 Å². The molecule has 63 heavy (non-hydrogen) atoms. The van der Waals surface area contributed by atoms with Crippen molar-refractivity contribution in [1.82, 2.24) is 0 Å². The molecule has 0 fully saturated rings. The van der Waals surface area contributed by atoms with Crippen LogP contribution in [0.25, 0.3) is 0 Å². The summed E-state index contributed by atoms with van der Waals surface area (Å²) in [7, 11) is -4.62. The van der Waals surface area contributed by atoms with Crippen molar-refractivity contribution in [2.45, 2.75) is 270 Å². The van der Waals surface area contributed by atoms with Crippen molar-refractivity contribution >= 4 is 19.8 Å². The maximum atomic E-state index is 12.7. The van der Waals surface area contributed by atoms with Gasteiger partial charge < -0.3 is 24.6 Å². The van der Waals surface area contributed by atoms with Gasteiger partial charge in [-0.3, -0.25) is 18.6 Å². The summed E-state index contributed by atoms with van der Waals surface area (Å²) >= 11 is 0. The standard InChI is InChI=1S/C52H99O10P/c1-3-5-7-9-11-13-15-17-19-21-22-23-24-25-26-28-29-31-33-35-37-39-41-43-51(55)59-47-50(48-61-63(57,58)60-46-49(54)45-53)62-52(56)44-42-40-38-36-34-32-30-27-20-18-16-14-12-10-8-6-4-2/h12,14,18,20,49-50,53-54H,3-11,13,15-17,19,21-48H2,1-2H3,(H,57,58)/b14-12+,20-18+/t49-,50+/m1/s1. The number of hydrogen-bond acceptors (Lipinski definition) is 9. The van der Waals surface area contributed by atoms with Gasteiger partial charge in [0.1, 0.15) is 12.7 Å². The number of phosphoric ester groups is 1. The van der Waals surface area contributed by atoms with Gasteiger partial charge in [-0.05, 0) is 44.9 Å². The first-order chi connectivity index (χ1) is 30.7. The summed E-state index contributed by atoms with van der Waals surface area (Å²) in [6.07, 6.45) is 51.5. The summed E-state index contributed by atoms with van der Waals surface area (Å²) in [5, 5.41) is 18.4. The van der Waals surface area contributed by atoms with Gasteiger partial charge in [0.2, 0.25) is 0 Å². The summed E-state index contributed by atoms with van der Waals surface area (Å²) in [6, 6.07) is 0. The maximum Gasteiger partial charge on any atom is 0.472 e.